The van der Waals surface area contributed by atoms with Crippen LogP contribution in [0.3, 0.4) is 0 Å². The summed E-state index contributed by atoms with van der Waals surface area (Å²) in [6, 6.07) is 0. The second-order valence-corrected chi connectivity index (χ2v) is 12.6. The number of hydrogen-bond acceptors (Lipinski definition) is 6. The van der Waals surface area contributed by atoms with E-state index < -0.39 is 29.0 Å². The van der Waals surface area contributed by atoms with E-state index in [1.54, 1.807) is 0 Å². The van der Waals surface area contributed by atoms with Gasteiger partial charge in [-0.15, -0.1) is 0 Å². The monoisotopic (exact) mass is 456 g/mol. The highest BCUT2D eigenvalue weighted by Crippen LogP contribution is 2.72. The second kappa shape index (κ2) is 6.38. The van der Waals surface area contributed by atoms with E-state index in [4.69, 9.17) is 14.2 Å². The van der Waals surface area contributed by atoms with Gasteiger partial charge in [0.1, 0.15) is 6.10 Å². The predicted molar refractivity (Wildman–Crippen MR) is 120 cm³/mol. The number of carbonyl (C=O) groups is 2. The molecule has 8 atom stereocenters. The number of ketones is 1. The van der Waals surface area contributed by atoms with Crippen LogP contribution in [-0.4, -0.2) is 47.1 Å². The van der Waals surface area contributed by atoms with Crippen molar-refractivity contribution in [2.75, 3.05) is 6.61 Å². The van der Waals surface area contributed by atoms with Crippen molar-refractivity contribution < 1.29 is 28.9 Å². The molecule has 0 radical (unpaired) electrons. The van der Waals surface area contributed by atoms with Crippen molar-refractivity contribution in [1.29, 1.82) is 0 Å². The quantitative estimate of drug-likeness (QED) is 0.505. The lowest BCUT2D eigenvalue weighted by atomic mass is 9.59. The fraction of sp³-hybridized carbons (Fsp3) is 0.778. The topological polar surface area (TPSA) is 82.1 Å². The highest BCUT2D eigenvalue weighted by molar-refractivity contribution is 5.95. The highest BCUT2D eigenvalue weighted by Gasteiger charge is 2.77. The van der Waals surface area contributed by atoms with Crippen LogP contribution in [0, 0.1) is 40.4 Å². The molecule has 0 amide bonds. The van der Waals surface area contributed by atoms with Crippen LogP contribution in [0.2, 0.25) is 0 Å². The van der Waals surface area contributed by atoms with E-state index in [0.717, 1.165) is 30.4 Å². The van der Waals surface area contributed by atoms with Crippen LogP contribution in [-0.2, 0) is 23.8 Å². The van der Waals surface area contributed by atoms with Crippen LogP contribution in [0.4, 0.5) is 0 Å². The van der Waals surface area contributed by atoms with Gasteiger partial charge < -0.3 is 19.3 Å². The van der Waals surface area contributed by atoms with E-state index in [-0.39, 0.29) is 47.4 Å². The zero-order valence-electron chi connectivity index (χ0n) is 20.5. The molecule has 3 saturated carbocycles. The first-order valence-electron chi connectivity index (χ1n) is 12.5. The van der Waals surface area contributed by atoms with Gasteiger partial charge in [-0.1, -0.05) is 32.9 Å². The molecule has 6 aliphatic rings. The van der Waals surface area contributed by atoms with Gasteiger partial charge in [-0.05, 0) is 74.3 Å². The van der Waals surface area contributed by atoms with Crippen LogP contribution in [0.15, 0.2) is 23.3 Å². The molecule has 180 valence electrons. The third-order valence-electron chi connectivity index (χ3n) is 9.82. The lowest BCUT2D eigenvalue weighted by Crippen LogP contribution is -2.68. The maximum absolute atomic E-state index is 14.5. The Hall–Kier alpha value is -1.50. The minimum Gasteiger partial charge on any atom is -0.454 e. The highest BCUT2D eigenvalue weighted by atomic mass is 16.7. The first kappa shape index (κ1) is 22.0. The Bertz CT molecular complexity index is 1000. The lowest BCUT2D eigenvalue weighted by Gasteiger charge is -2.52. The standard InChI is InChI=1S/C27H36O6/c1-13-11-26-14(2)9-18-19(24(18,3)4)17(20(26)28)10-16-12-31-25(5,6)33-22(16)27(26,30)21(13)32-23(29)15-7-8-15/h10-11,14-15,17-19,21-22,30H,7-9,12H2,1-6H3/t14-,17?,18?,19?,21?,22?,26?,27?/m1/s1. The summed E-state index contributed by atoms with van der Waals surface area (Å²) in [7, 11) is 0. The summed E-state index contributed by atoms with van der Waals surface area (Å²) in [6.07, 6.45) is 4.76. The first-order valence-corrected chi connectivity index (χ1v) is 12.5. The molecular weight excluding hydrogens is 420 g/mol. The van der Waals surface area contributed by atoms with Crippen molar-refractivity contribution in [2.24, 2.45) is 40.4 Å². The van der Waals surface area contributed by atoms with Gasteiger partial charge in [0.15, 0.2) is 23.3 Å². The van der Waals surface area contributed by atoms with Gasteiger partial charge in [-0.25, -0.2) is 0 Å². The Morgan fingerprint density at radius 1 is 1.21 bits per heavy atom. The van der Waals surface area contributed by atoms with Gasteiger partial charge in [-0.3, -0.25) is 9.59 Å². The summed E-state index contributed by atoms with van der Waals surface area (Å²) in [5.41, 5.74) is -1.26. The molecule has 1 aliphatic heterocycles. The maximum atomic E-state index is 14.5. The molecule has 0 aromatic rings. The normalized spacial score (nSPS) is 48.9. The van der Waals surface area contributed by atoms with Crippen molar-refractivity contribution in [3.8, 4) is 0 Å². The van der Waals surface area contributed by atoms with E-state index in [2.05, 4.69) is 20.8 Å². The van der Waals surface area contributed by atoms with E-state index in [1.165, 1.54) is 0 Å². The van der Waals surface area contributed by atoms with Crippen molar-refractivity contribution >= 4 is 11.8 Å². The average molecular weight is 457 g/mol. The molecule has 6 nitrogen and oxygen atoms in total. The number of allylic oxidation sites excluding steroid dienone is 1. The molecule has 5 aliphatic carbocycles. The van der Waals surface area contributed by atoms with Crippen LogP contribution >= 0.6 is 0 Å². The van der Waals surface area contributed by atoms with Crippen LogP contribution < -0.4 is 0 Å². The molecular formula is C27H36O6. The number of hydrogen-bond donors (Lipinski definition) is 1. The third-order valence-corrected chi connectivity index (χ3v) is 9.82. The second-order valence-electron chi connectivity index (χ2n) is 12.6. The van der Waals surface area contributed by atoms with Crippen LogP contribution in [0.25, 0.3) is 0 Å². The number of esters is 1. The van der Waals surface area contributed by atoms with Crippen molar-refractivity contribution in [3.63, 3.8) is 0 Å². The number of fused-ring (bicyclic) bond motifs is 5. The minimum atomic E-state index is -1.71. The molecule has 1 heterocycles. The van der Waals surface area contributed by atoms with E-state index in [0.29, 0.717) is 5.92 Å². The van der Waals surface area contributed by atoms with Crippen molar-refractivity contribution in [3.05, 3.63) is 23.3 Å². The summed E-state index contributed by atoms with van der Waals surface area (Å²) >= 11 is 0. The van der Waals surface area contributed by atoms with Crippen LogP contribution in [0.5, 0.6) is 0 Å². The van der Waals surface area contributed by atoms with E-state index >= 15 is 0 Å². The first-order chi connectivity index (χ1) is 15.3. The molecule has 33 heavy (non-hydrogen) atoms. The number of aliphatic hydroxyl groups is 1. The van der Waals surface area contributed by atoms with Gasteiger partial charge in [0, 0.05) is 5.92 Å². The largest absolute Gasteiger partial charge is 0.454 e. The zero-order valence-corrected chi connectivity index (χ0v) is 20.5. The van der Waals surface area contributed by atoms with Crippen LogP contribution in [0.1, 0.15) is 60.8 Å². The Kier molecular flexibility index (Phi) is 4.25. The van der Waals surface area contributed by atoms with Crippen molar-refractivity contribution in [1.82, 2.24) is 0 Å². The van der Waals surface area contributed by atoms with Gasteiger partial charge in [0.05, 0.1) is 17.9 Å². The smallest absolute Gasteiger partial charge is 0.309 e. The molecule has 7 unspecified atom stereocenters. The zero-order chi connectivity index (χ0) is 23.7. The van der Waals surface area contributed by atoms with Gasteiger partial charge in [0.2, 0.25) is 0 Å². The summed E-state index contributed by atoms with van der Waals surface area (Å²) < 4.78 is 18.5. The lowest BCUT2D eigenvalue weighted by molar-refractivity contribution is -0.304. The summed E-state index contributed by atoms with van der Waals surface area (Å²) in [5.74, 6) is -1.04. The molecule has 6 rings (SSSR count). The van der Waals surface area contributed by atoms with E-state index in [1.807, 2.05) is 32.9 Å². The number of carbonyl (C=O) groups excluding carboxylic acids is 2. The predicted octanol–water partition coefficient (Wildman–Crippen LogP) is 3.57. The van der Waals surface area contributed by atoms with E-state index in [9.17, 15) is 14.7 Å². The average Bonchev–Trinajstić information content (AvgIpc) is 3.63. The third kappa shape index (κ3) is 2.66. The summed E-state index contributed by atoms with van der Waals surface area (Å²) in [4.78, 5) is 27.4. The molecule has 4 fully saturated rings. The maximum Gasteiger partial charge on any atom is 0.309 e. The number of Topliss-reactive ketones (excluding diaryl/α,β-unsaturated/α-hetero) is 1. The molecule has 0 aromatic carbocycles. The minimum absolute atomic E-state index is 0.0446. The Morgan fingerprint density at radius 3 is 2.58 bits per heavy atom. The summed E-state index contributed by atoms with van der Waals surface area (Å²) in [5, 5.41) is 12.8. The van der Waals surface area contributed by atoms with Gasteiger partial charge in [0.25, 0.3) is 0 Å². The fourth-order valence-corrected chi connectivity index (χ4v) is 7.83. The molecule has 1 N–H and O–H groups in total. The SMILES string of the molecule is CC1=CC23C(=O)C(C=C4COC(C)(C)OC4C2(O)C1OC(=O)C1CC1)C1C(C[C@H]3C)C1(C)C. The molecule has 1 saturated heterocycles. The molecule has 0 aromatic heterocycles. The Labute approximate surface area is 195 Å². The molecule has 1 spiro atoms. The Balaban J connectivity index is 1.55. The van der Waals surface area contributed by atoms with Gasteiger partial charge >= 0.3 is 5.97 Å². The summed E-state index contributed by atoms with van der Waals surface area (Å²) in [6.45, 7) is 12.4. The van der Waals surface area contributed by atoms with Crippen molar-refractivity contribution in [2.45, 2.75) is 84.4 Å². The van der Waals surface area contributed by atoms with Gasteiger partial charge in [-0.2, -0.15) is 0 Å². The number of ether oxygens (including phenoxy) is 3. The number of rotatable bonds is 2. The molecule has 2 bridgehead atoms. The fourth-order valence-electron chi connectivity index (χ4n) is 7.83. The molecule has 6 heteroatoms. The Morgan fingerprint density at radius 2 is 1.91 bits per heavy atom.